The van der Waals surface area contributed by atoms with E-state index in [9.17, 15) is 9.90 Å². The van der Waals surface area contributed by atoms with Gasteiger partial charge in [-0.3, -0.25) is 4.79 Å². The molecule has 0 saturated heterocycles. The van der Waals surface area contributed by atoms with Crippen molar-refractivity contribution < 1.29 is 5.11 Å². The Balaban J connectivity index is 1.75. The largest absolute Gasteiger partial charge is 0.508 e. The predicted octanol–water partition coefficient (Wildman–Crippen LogP) is 4.60. The van der Waals surface area contributed by atoms with Crippen molar-refractivity contribution in [3.8, 4) is 16.9 Å². The summed E-state index contributed by atoms with van der Waals surface area (Å²) in [6.45, 7) is 0. The zero-order valence-corrected chi connectivity index (χ0v) is 14.6. The second-order valence-electron chi connectivity index (χ2n) is 5.69. The molecule has 0 saturated carbocycles. The number of nitrogens with zero attached hydrogens (tertiary/aromatic N) is 1. The van der Waals surface area contributed by atoms with Crippen LogP contribution in [0.25, 0.3) is 21.3 Å². The van der Waals surface area contributed by atoms with Gasteiger partial charge in [0.15, 0.2) is 0 Å². The number of fused-ring (bicyclic) bond motifs is 1. The highest BCUT2D eigenvalue weighted by Crippen LogP contribution is 2.31. The molecule has 124 valence electrons. The first-order chi connectivity index (χ1) is 12.1. The molecule has 2 heterocycles. The molecule has 2 N–H and O–H groups in total. The number of rotatable bonds is 3. The Kier molecular flexibility index (Phi) is 4.03. The van der Waals surface area contributed by atoms with Crippen molar-refractivity contribution in [2.75, 3.05) is 0 Å². The van der Waals surface area contributed by atoms with E-state index in [1.165, 1.54) is 11.3 Å². The van der Waals surface area contributed by atoms with E-state index in [4.69, 9.17) is 11.6 Å². The van der Waals surface area contributed by atoms with E-state index < -0.39 is 0 Å². The zero-order chi connectivity index (χ0) is 17.4. The second-order valence-corrected chi connectivity index (χ2v) is 6.99. The Hall–Kier alpha value is -2.63. The van der Waals surface area contributed by atoms with E-state index in [0.717, 1.165) is 16.7 Å². The lowest BCUT2D eigenvalue weighted by Crippen LogP contribution is -2.11. The number of nitrogens with one attached hydrogen (secondary N) is 1. The molecule has 4 aromatic rings. The number of benzene rings is 2. The molecule has 0 unspecified atom stereocenters. The Morgan fingerprint density at radius 3 is 2.52 bits per heavy atom. The highest BCUT2D eigenvalue weighted by atomic mass is 35.5. The number of phenolic OH excluding ortho intramolecular Hbond substituents is 1. The van der Waals surface area contributed by atoms with Crippen LogP contribution in [-0.2, 0) is 6.42 Å². The average molecular weight is 369 g/mol. The standard InChI is InChI=1S/C19H13ClN2O2S/c20-13-5-3-12(4-6-13)15-10-25-19-17(15)18(24)21-16(22-19)9-11-1-7-14(23)8-2-11/h1-8,10,23H,9H2,(H,21,22,24). The molecule has 0 aliphatic rings. The number of hydrogen-bond donors (Lipinski definition) is 2. The molecule has 2 aromatic carbocycles. The van der Waals surface area contributed by atoms with Gasteiger partial charge in [0.25, 0.3) is 5.56 Å². The molecular formula is C19H13ClN2O2S. The average Bonchev–Trinajstić information content (AvgIpc) is 3.02. The Labute approximate surface area is 152 Å². The van der Waals surface area contributed by atoms with Crippen molar-refractivity contribution in [2.24, 2.45) is 0 Å². The number of aromatic nitrogens is 2. The lowest BCUT2D eigenvalue weighted by atomic mass is 10.1. The minimum Gasteiger partial charge on any atom is -0.508 e. The molecule has 4 nitrogen and oxygen atoms in total. The van der Waals surface area contributed by atoms with Gasteiger partial charge in [-0.2, -0.15) is 0 Å². The molecule has 6 heteroatoms. The monoisotopic (exact) mass is 368 g/mol. The molecular weight excluding hydrogens is 356 g/mol. The third-order valence-corrected chi connectivity index (χ3v) is 5.08. The lowest BCUT2D eigenvalue weighted by Gasteiger charge is -2.03. The van der Waals surface area contributed by atoms with Gasteiger partial charge in [-0.15, -0.1) is 11.3 Å². The number of aromatic amines is 1. The quantitative estimate of drug-likeness (QED) is 0.555. The molecule has 25 heavy (non-hydrogen) atoms. The van der Waals surface area contributed by atoms with Crippen LogP contribution >= 0.6 is 22.9 Å². The molecule has 0 aliphatic heterocycles. The number of H-pyrrole nitrogens is 1. The maximum Gasteiger partial charge on any atom is 0.260 e. The van der Waals surface area contributed by atoms with Crippen LogP contribution < -0.4 is 5.56 Å². The summed E-state index contributed by atoms with van der Waals surface area (Å²) in [5, 5.41) is 12.6. The number of aromatic hydroxyl groups is 1. The highest BCUT2D eigenvalue weighted by molar-refractivity contribution is 7.17. The van der Waals surface area contributed by atoms with Crippen molar-refractivity contribution in [1.29, 1.82) is 0 Å². The van der Waals surface area contributed by atoms with E-state index >= 15 is 0 Å². The van der Waals surface area contributed by atoms with Crippen LogP contribution in [0.15, 0.2) is 58.7 Å². The summed E-state index contributed by atoms with van der Waals surface area (Å²) in [6.07, 6.45) is 0.500. The lowest BCUT2D eigenvalue weighted by molar-refractivity contribution is 0.475. The van der Waals surface area contributed by atoms with Gasteiger partial charge in [0.05, 0.1) is 5.39 Å². The number of thiophene rings is 1. The molecule has 0 atom stereocenters. The Bertz CT molecular complexity index is 1100. The number of phenols is 1. The molecule has 0 amide bonds. The van der Waals surface area contributed by atoms with Gasteiger partial charge in [-0.25, -0.2) is 4.98 Å². The normalized spacial score (nSPS) is 11.1. The van der Waals surface area contributed by atoms with Crippen molar-refractivity contribution in [3.05, 3.63) is 80.7 Å². The van der Waals surface area contributed by atoms with Crippen LogP contribution in [0.5, 0.6) is 5.75 Å². The summed E-state index contributed by atoms with van der Waals surface area (Å²) in [6, 6.07) is 14.3. The molecule has 0 fully saturated rings. The van der Waals surface area contributed by atoms with Crippen molar-refractivity contribution in [2.45, 2.75) is 6.42 Å². The van der Waals surface area contributed by atoms with Crippen LogP contribution in [0.4, 0.5) is 0 Å². The van der Waals surface area contributed by atoms with Crippen molar-refractivity contribution in [3.63, 3.8) is 0 Å². The van der Waals surface area contributed by atoms with Crippen LogP contribution in [0, 0.1) is 0 Å². The molecule has 4 rings (SSSR count). The second kappa shape index (κ2) is 6.35. The number of hydrogen-bond acceptors (Lipinski definition) is 4. The van der Waals surface area contributed by atoms with E-state index in [-0.39, 0.29) is 11.3 Å². The molecule has 0 radical (unpaired) electrons. The van der Waals surface area contributed by atoms with Gasteiger partial charge in [-0.1, -0.05) is 35.9 Å². The van der Waals surface area contributed by atoms with Crippen LogP contribution in [0.1, 0.15) is 11.4 Å². The summed E-state index contributed by atoms with van der Waals surface area (Å²) in [5.41, 5.74) is 2.62. The fourth-order valence-electron chi connectivity index (χ4n) is 2.73. The van der Waals surface area contributed by atoms with Crippen LogP contribution in [0.3, 0.4) is 0 Å². The van der Waals surface area contributed by atoms with Crippen LogP contribution in [-0.4, -0.2) is 15.1 Å². The van der Waals surface area contributed by atoms with E-state index in [1.54, 1.807) is 24.3 Å². The predicted molar refractivity (Wildman–Crippen MR) is 102 cm³/mol. The highest BCUT2D eigenvalue weighted by Gasteiger charge is 2.13. The summed E-state index contributed by atoms with van der Waals surface area (Å²) < 4.78 is 0. The first-order valence-electron chi connectivity index (χ1n) is 7.64. The SMILES string of the molecule is O=c1[nH]c(Cc2ccc(O)cc2)nc2scc(-c3ccc(Cl)cc3)c12. The summed E-state index contributed by atoms with van der Waals surface area (Å²) in [4.78, 5) is 20.8. The van der Waals surface area contributed by atoms with Gasteiger partial charge >= 0.3 is 0 Å². The molecule has 0 bridgehead atoms. The Morgan fingerprint density at radius 2 is 1.80 bits per heavy atom. The Morgan fingerprint density at radius 1 is 1.08 bits per heavy atom. The van der Waals surface area contributed by atoms with E-state index in [2.05, 4.69) is 9.97 Å². The van der Waals surface area contributed by atoms with Crippen molar-refractivity contribution in [1.82, 2.24) is 9.97 Å². The topological polar surface area (TPSA) is 66.0 Å². The van der Waals surface area contributed by atoms with E-state index in [0.29, 0.717) is 27.5 Å². The first kappa shape index (κ1) is 15.9. The summed E-state index contributed by atoms with van der Waals surface area (Å²) in [5.74, 6) is 0.819. The van der Waals surface area contributed by atoms with Gasteiger partial charge in [0.1, 0.15) is 16.4 Å². The third kappa shape index (κ3) is 3.16. The van der Waals surface area contributed by atoms with Crippen LogP contribution in [0.2, 0.25) is 5.02 Å². The fraction of sp³-hybridized carbons (Fsp3) is 0.0526. The fourth-order valence-corrected chi connectivity index (χ4v) is 3.82. The number of halogens is 1. The summed E-state index contributed by atoms with van der Waals surface area (Å²) in [7, 11) is 0. The maximum absolute atomic E-state index is 12.6. The zero-order valence-electron chi connectivity index (χ0n) is 13.0. The third-order valence-electron chi connectivity index (χ3n) is 3.96. The van der Waals surface area contributed by atoms with Gasteiger partial charge in [-0.05, 0) is 35.4 Å². The van der Waals surface area contributed by atoms with Gasteiger partial charge in [0.2, 0.25) is 0 Å². The minimum atomic E-state index is -0.148. The van der Waals surface area contributed by atoms with Gasteiger partial charge in [0, 0.05) is 22.4 Å². The summed E-state index contributed by atoms with van der Waals surface area (Å²) >= 11 is 7.39. The smallest absolute Gasteiger partial charge is 0.260 e. The first-order valence-corrected chi connectivity index (χ1v) is 8.90. The van der Waals surface area contributed by atoms with E-state index in [1.807, 2.05) is 29.6 Å². The molecule has 0 spiro atoms. The van der Waals surface area contributed by atoms with Crippen molar-refractivity contribution >= 4 is 33.2 Å². The molecule has 2 aromatic heterocycles. The van der Waals surface area contributed by atoms with Gasteiger partial charge < -0.3 is 10.1 Å². The maximum atomic E-state index is 12.6. The minimum absolute atomic E-state index is 0.148. The molecule has 0 aliphatic carbocycles.